The molecule has 110 valence electrons. The number of carbonyl (C=O) groups excluding carboxylic acids is 1. The number of rotatable bonds is 3. The highest BCUT2D eigenvalue weighted by molar-refractivity contribution is 5.83. The van der Waals surface area contributed by atoms with E-state index in [0.29, 0.717) is 17.9 Å². The van der Waals surface area contributed by atoms with E-state index in [1.54, 1.807) is 0 Å². The molecule has 0 aromatic carbocycles. The third-order valence-electron chi connectivity index (χ3n) is 5.26. The summed E-state index contributed by atoms with van der Waals surface area (Å²) in [6, 6.07) is 0.391. The van der Waals surface area contributed by atoms with E-state index in [0.717, 1.165) is 44.2 Å². The van der Waals surface area contributed by atoms with Gasteiger partial charge in [0.15, 0.2) is 0 Å². The van der Waals surface area contributed by atoms with Gasteiger partial charge in [0.1, 0.15) is 0 Å². The van der Waals surface area contributed by atoms with Crippen LogP contribution in [-0.2, 0) is 4.79 Å². The molecule has 3 atom stereocenters. The predicted octanol–water partition coefficient (Wildman–Crippen LogP) is 2.56. The predicted molar refractivity (Wildman–Crippen MR) is 78.9 cm³/mol. The number of hydrogen-bond donors (Lipinski definition) is 2. The summed E-state index contributed by atoms with van der Waals surface area (Å²) in [5.74, 6) is 2.18. The third-order valence-corrected chi connectivity index (χ3v) is 5.26. The Kier molecular flexibility index (Phi) is 4.54. The van der Waals surface area contributed by atoms with Crippen LogP contribution >= 0.6 is 0 Å². The van der Waals surface area contributed by atoms with E-state index >= 15 is 0 Å². The molecule has 3 unspecified atom stereocenters. The minimum Gasteiger partial charge on any atom is -0.353 e. The van der Waals surface area contributed by atoms with Gasteiger partial charge in [-0.15, -0.1) is 0 Å². The molecule has 1 aliphatic carbocycles. The van der Waals surface area contributed by atoms with E-state index in [4.69, 9.17) is 0 Å². The van der Waals surface area contributed by atoms with Crippen molar-refractivity contribution in [3.8, 4) is 0 Å². The largest absolute Gasteiger partial charge is 0.353 e. The van der Waals surface area contributed by atoms with Crippen LogP contribution in [0, 0.1) is 23.2 Å². The monoisotopic (exact) mass is 266 g/mol. The highest BCUT2D eigenvalue weighted by atomic mass is 16.2. The Labute approximate surface area is 117 Å². The van der Waals surface area contributed by atoms with Gasteiger partial charge in [0.25, 0.3) is 0 Å². The number of nitrogens with one attached hydrogen (secondary N) is 2. The molecule has 0 spiro atoms. The van der Waals surface area contributed by atoms with Gasteiger partial charge >= 0.3 is 0 Å². The molecule has 2 fully saturated rings. The SMILES string of the molecule is CC1CC(C)CC(NC(=O)C2(C(C)C)CCNC2)C1. The van der Waals surface area contributed by atoms with Crippen molar-refractivity contribution in [3.63, 3.8) is 0 Å². The zero-order chi connectivity index (χ0) is 14.0. The maximum Gasteiger partial charge on any atom is 0.228 e. The molecule has 3 heteroatoms. The Balaban J connectivity index is 1.99. The summed E-state index contributed by atoms with van der Waals surface area (Å²) in [5, 5.41) is 6.73. The summed E-state index contributed by atoms with van der Waals surface area (Å²) in [4.78, 5) is 12.7. The van der Waals surface area contributed by atoms with E-state index < -0.39 is 0 Å². The maximum atomic E-state index is 12.7. The average Bonchev–Trinajstić information content (AvgIpc) is 2.77. The molecule has 0 aromatic rings. The van der Waals surface area contributed by atoms with Crippen LogP contribution in [0.15, 0.2) is 0 Å². The smallest absolute Gasteiger partial charge is 0.228 e. The van der Waals surface area contributed by atoms with Crippen LogP contribution < -0.4 is 10.6 Å². The fraction of sp³-hybridized carbons (Fsp3) is 0.938. The van der Waals surface area contributed by atoms with Gasteiger partial charge in [0.05, 0.1) is 5.41 Å². The molecule has 1 amide bonds. The molecule has 1 aliphatic heterocycles. The van der Waals surface area contributed by atoms with Crippen LogP contribution in [-0.4, -0.2) is 25.0 Å². The van der Waals surface area contributed by atoms with Crippen LogP contribution in [0.4, 0.5) is 0 Å². The topological polar surface area (TPSA) is 41.1 Å². The summed E-state index contributed by atoms with van der Waals surface area (Å²) >= 11 is 0. The molecule has 19 heavy (non-hydrogen) atoms. The summed E-state index contributed by atoms with van der Waals surface area (Å²) in [6.45, 7) is 10.8. The zero-order valence-electron chi connectivity index (χ0n) is 13.0. The first-order valence-corrected chi connectivity index (χ1v) is 7.95. The van der Waals surface area contributed by atoms with Gasteiger partial charge in [0.2, 0.25) is 5.91 Å². The molecular formula is C16H30N2O. The van der Waals surface area contributed by atoms with Crippen molar-refractivity contribution in [1.82, 2.24) is 10.6 Å². The van der Waals surface area contributed by atoms with Gasteiger partial charge in [-0.05, 0) is 50.0 Å². The Morgan fingerprint density at radius 2 is 1.84 bits per heavy atom. The van der Waals surface area contributed by atoms with Crippen molar-refractivity contribution in [2.24, 2.45) is 23.2 Å². The molecule has 0 radical (unpaired) electrons. The van der Waals surface area contributed by atoms with Crippen molar-refractivity contribution < 1.29 is 4.79 Å². The van der Waals surface area contributed by atoms with Crippen molar-refractivity contribution in [1.29, 1.82) is 0 Å². The minimum absolute atomic E-state index is 0.177. The second-order valence-corrected chi connectivity index (χ2v) is 7.33. The highest BCUT2D eigenvalue weighted by Gasteiger charge is 2.44. The molecule has 1 heterocycles. The first-order chi connectivity index (χ1) is 8.94. The number of hydrogen-bond acceptors (Lipinski definition) is 2. The second-order valence-electron chi connectivity index (χ2n) is 7.33. The van der Waals surface area contributed by atoms with Crippen LogP contribution in [0.5, 0.6) is 0 Å². The maximum absolute atomic E-state index is 12.7. The first-order valence-electron chi connectivity index (χ1n) is 7.95. The van der Waals surface area contributed by atoms with Crippen molar-refractivity contribution in [3.05, 3.63) is 0 Å². The molecule has 0 bridgehead atoms. The Bertz CT molecular complexity index is 311. The van der Waals surface area contributed by atoms with Gasteiger partial charge in [-0.1, -0.05) is 27.7 Å². The summed E-state index contributed by atoms with van der Waals surface area (Å²) in [7, 11) is 0. The van der Waals surface area contributed by atoms with Gasteiger partial charge in [-0.2, -0.15) is 0 Å². The summed E-state index contributed by atoms with van der Waals surface area (Å²) in [6.07, 6.45) is 4.59. The lowest BCUT2D eigenvalue weighted by molar-refractivity contribution is -0.133. The summed E-state index contributed by atoms with van der Waals surface area (Å²) < 4.78 is 0. The third kappa shape index (κ3) is 3.13. The lowest BCUT2D eigenvalue weighted by Crippen LogP contribution is -2.50. The lowest BCUT2D eigenvalue weighted by Gasteiger charge is -2.37. The second kappa shape index (κ2) is 5.82. The van der Waals surface area contributed by atoms with Gasteiger partial charge in [0, 0.05) is 12.6 Å². The fourth-order valence-corrected chi connectivity index (χ4v) is 4.05. The van der Waals surface area contributed by atoms with Gasteiger partial charge in [-0.25, -0.2) is 0 Å². The fourth-order valence-electron chi connectivity index (χ4n) is 4.05. The molecule has 2 aliphatic rings. The Morgan fingerprint density at radius 3 is 2.32 bits per heavy atom. The standard InChI is InChI=1S/C16H30N2O/c1-11(2)16(5-6-17-10-16)15(19)18-14-8-12(3)7-13(4)9-14/h11-14,17H,5-10H2,1-4H3,(H,18,19). The molecule has 2 rings (SSSR count). The van der Waals surface area contributed by atoms with E-state index in [1.807, 2.05) is 0 Å². The molecule has 3 nitrogen and oxygen atoms in total. The van der Waals surface area contributed by atoms with Crippen molar-refractivity contribution >= 4 is 5.91 Å². The number of amides is 1. The normalized spacial score (nSPS) is 39.5. The average molecular weight is 266 g/mol. The first kappa shape index (κ1) is 14.8. The van der Waals surface area contributed by atoms with Gasteiger partial charge < -0.3 is 10.6 Å². The number of carbonyl (C=O) groups is 1. The van der Waals surface area contributed by atoms with Crippen LogP contribution in [0.3, 0.4) is 0 Å². The van der Waals surface area contributed by atoms with E-state index in [2.05, 4.69) is 38.3 Å². The Hall–Kier alpha value is -0.570. The summed E-state index contributed by atoms with van der Waals surface area (Å²) in [5.41, 5.74) is -0.177. The van der Waals surface area contributed by atoms with Gasteiger partial charge in [-0.3, -0.25) is 4.79 Å². The lowest BCUT2D eigenvalue weighted by atomic mass is 9.74. The minimum atomic E-state index is -0.177. The van der Waals surface area contributed by atoms with Crippen molar-refractivity contribution in [2.75, 3.05) is 13.1 Å². The Morgan fingerprint density at radius 1 is 1.21 bits per heavy atom. The van der Waals surface area contributed by atoms with E-state index in [9.17, 15) is 4.79 Å². The molecule has 1 saturated heterocycles. The van der Waals surface area contributed by atoms with Crippen LogP contribution in [0.2, 0.25) is 0 Å². The quantitative estimate of drug-likeness (QED) is 0.824. The van der Waals surface area contributed by atoms with Crippen LogP contribution in [0.25, 0.3) is 0 Å². The van der Waals surface area contributed by atoms with E-state index in [1.165, 1.54) is 6.42 Å². The molecule has 0 aromatic heterocycles. The molecule has 2 N–H and O–H groups in total. The zero-order valence-corrected chi connectivity index (χ0v) is 13.0. The highest BCUT2D eigenvalue weighted by Crippen LogP contribution is 2.35. The van der Waals surface area contributed by atoms with Crippen molar-refractivity contribution in [2.45, 2.75) is 59.4 Å². The molecular weight excluding hydrogens is 236 g/mol. The van der Waals surface area contributed by atoms with E-state index in [-0.39, 0.29) is 5.41 Å². The molecule has 1 saturated carbocycles. The van der Waals surface area contributed by atoms with Crippen LogP contribution in [0.1, 0.15) is 53.4 Å².